The average molecular weight is 460 g/mol. The first kappa shape index (κ1) is 23.5. The molecule has 0 fully saturated rings. The van der Waals surface area contributed by atoms with Crippen LogP contribution in [0.5, 0.6) is 0 Å². The van der Waals surface area contributed by atoms with Crippen molar-refractivity contribution in [3.8, 4) is 0 Å². The molecular weight excluding hydrogens is 434 g/mol. The molecule has 0 aliphatic heterocycles. The van der Waals surface area contributed by atoms with Crippen LogP contribution in [0.2, 0.25) is 0 Å². The van der Waals surface area contributed by atoms with Crippen molar-refractivity contribution in [1.82, 2.24) is 0 Å². The monoisotopic (exact) mass is 459 g/mol. The molecule has 0 radical (unpaired) electrons. The zero-order valence-corrected chi connectivity index (χ0v) is 19.0. The summed E-state index contributed by atoms with van der Waals surface area (Å²) in [6.07, 6.45) is 2.54. The number of thiophene rings is 1. The number of rotatable bonds is 7. The highest BCUT2D eigenvalue weighted by Crippen LogP contribution is 2.40. The van der Waals surface area contributed by atoms with E-state index in [2.05, 4.69) is 17.0 Å². The van der Waals surface area contributed by atoms with Crippen molar-refractivity contribution in [2.75, 3.05) is 25.6 Å². The number of fused-ring (bicyclic) bond motifs is 1. The first-order chi connectivity index (χ1) is 15.3. The maximum Gasteiger partial charge on any atom is 0.341 e. The summed E-state index contributed by atoms with van der Waals surface area (Å²) >= 11 is 1.35. The van der Waals surface area contributed by atoms with Crippen molar-refractivity contribution in [3.05, 3.63) is 51.4 Å². The van der Waals surface area contributed by atoms with Gasteiger partial charge in [-0.15, -0.1) is 11.3 Å². The van der Waals surface area contributed by atoms with E-state index in [0.717, 1.165) is 29.7 Å². The summed E-state index contributed by atoms with van der Waals surface area (Å²) in [5.74, 6) is -2.08. The Balaban J connectivity index is 1.72. The predicted octanol–water partition coefficient (Wildman–Crippen LogP) is 3.63. The Bertz CT molecular complexity index is 1040. The van der Waals surface area contributed by atoms with Crippen LogP contribution in [-0.4, -0.2) is 44.1 Å². The molecule has 170 valence electrons. The Labute approximate surface area is 189 Å². The van der Waals surface area contributed by atoms with Gasteiger partial charge in [-0.05, 0) is 49.8 Å². The molecule has 1 unspecified atom stereocenters. The molecule has 1 atom stereocenters. The number of hydrogen-bond acceptors (Lipinski definition) is 8. The Morgan fingerprint density at radius 2 is 1.75 bits per heavy atom. The maximum atomic E-state index is 12.5. The Kier molecular flexibility index (Phi) is 7.63. The van der Waals surface area contributed by atoms with E-state index in [1.54, 1.807) is 19.1 Å². The molecule has 32 heavy (non-hydrogen) atoms. The van der Waals surface area contributed by atoms with E-state index in [-0.39, 0.29) is 17.7 Å². The molecule has 0 saturated carbocycles. The standard InChI is InChI=1S/C23H25NO7S/c1-4-30-23(28)19-16-10-9-13(2)11-17(16)32-20(19)24-18(25)12-31-22(27)15-8-6-5-7-14(15)21(26)29-3/h5-8,13H,4,9-12H2,1-3H3,(H,24,25). The van der Waals surface area contributed by atoms with E-state index >= 15 is 0 Å². The Morgan fingerprint density at radius 3 is 2.41 bits per heavy atom. The van der Waals surface area contributed by atoms with Gasteiger partial charge in [-0.3, -0.25) is 4.79 Å². The van der Waals surface area contributed by atoms with Crippen LogP contribution in [0.1, 0.15) is 61.8 Å². The molecule has 9 heteroatoms. The van der Waals surface area contributed by atoms with Crippen LogP contribution in [0.4, 0.5) is 5.00 Å². The number of benzene rings is 1. The molecule has 1 aromatic carbocycles. The number of carbonyl (C=O) groups is 4. The minimum Gasteiger partial charge on any atom is -0.465 e. The van der Waals surface area contributed by atoms with E-state index < -0.39 is 30.4 Å². The molecule has 0 spiro atoms. The van der Waals surface area contributed by atoms with Crippen molar-refractivity contribution in [2.45, 2.75) is 33.1 Å². The third-order valence-corrected chi connectivity index (χ3v) is 6.30. The molecule has 1 aromatic heterocycles. The van der Waals surface area contributed by atoms with E-state index in [0.29, 0.717) is 16.5 Å². The zero-order chi connectivity index (χ0) is 23.3. The fourth-order valence-corrected chi connectivity index (χ4v) is 4.99. The highest BCUT2D eigenvalue weighted by molar-refractivity contribution is 7.17. The molecule has 1 amide bonds. The van der Waals surface area contributed by atoms with Gasteiger partial charge in [0.25, 0.3) is 5.91 Å². The molecule has 1 heterocycles. The number of esters is 3. The second-order valence-electron chi connectivity index (χ2n) is 7.44. The lowest BCUT2D eigenvalue weighted by Crippen LogP contribution is -2.23. The number of amides is 1. The van der Waals surface area contributed by atoms with Crippen molar-refractivity contribution >= 4 is 40.2 Å². The van der Waals surface area contributed by atoms with Gasteiger partial charge in [0.05, 0.1) is 30.4 Å². The predicted molar refractivity (Wildman–Crippen MR) is 118 cm³/mol. The van der Waals surface area contributed by atoms with Crippen LogP contribution in [0, 0.1) is 5.92 Å². The van der Waals surface area contributed by atoms with Gasteiger partial charge in [0, 0.05) is 4.88 Å². The number of nitrogens with one attached hydrogen (secondary N) is 1. The molecule has 8 nitrogen and oxygen atoms in total. The van der Waals surface area contributed by atoms with Crippen LogP contribution >= 0.6 is 11.3 Å². The lowest BCUT2D eigenvalue weighted by atomic mass is 9.88. The first-order valence-electron chi connectivity index (χ1n) is 10.3. The summed E-state index contributed by atoms with van der Waals surface area (Å²) in [6.45, 7) is 3.53. The van der Waals surface area contributed by atoms with Crippen molar-refractivity contribution in [1.29, 1.82) is 0 Å². The summed E-state index contributed by atoms with van der Waals surface area (Å²) < 4.78 is 15.0. The van der Waals surface area contributed by atoms with Crippen LogP contribution in [0.3, 0.4) is 0 Å². The Hall–Kier alpha value is -3.20. The summed E-state index contributed by atoms with van der Waals surface area (Å²) in [5.41, 5.74) is 1.35. The molecule has 0 bridgehead atoms. The average Bonchev–Trinajstić information content (AvgIpc) is 3.13. The second-order valence-corrected chi connectivity index (χ2v) is 8.54. The van der Waals surface area contributed by atoms with Gasteiger partial charge >= 0.3 is 17.9 Å². The number of hydrogen-bond donors (Lipinski definition) is 1. The first-order valence-corrected chi connectivity index (χ1v) is 11.1. The molecular formula is C23H25NO7S. The van der Waals surface area contributed by atoms with Gasteiger partial charge in [0.1, 0.15) is 5.00 Å². The van der Waals surface area contributed by atoms with E-state index in [1.807, 2.05) is 0 Å². The minimum absolute atomic E-state index is 0.0000575. The molecule has 1 N–H and O–H groups in total. The van der Waals surface area contributed by atoms with Gasteiger partial charge < -0.3 is 19.5 Å². The highest BCUT2D eigenvalue weighted by Gasteiger charge is 2.29. The zero-order valence-electron chi connectivity index (χ0n) is 18.2. The third-order valence-electron chi connectivity index (χ3n) is 5.13. The van der Waals surface area contributed by atoms with Gasteiger partial charge in [0.2, 0.25) is 0 Å². The summed E-state index contributed by atoms with van der Waals surface area (Å²) in [4.78, 5) is 50.4. The topological polar surface area (TPSA) is 108 Å². The molecule has 3 rings (SSSR count). The summed E-state index contributed by atoms with van der Waals surface area (Å²) in [5, 5.41) is 3.09. The van der Waals surface area contributed by atoms with Crippen LogP contribution in [-0.2, 0) is 31.8 Å². The Morgan fingerprint density at radius 1 is 1.06 bits per heavy atom. The largest absolute Gasteiger partial charge is 0.465 e. The molecule has 0 saturated heterocycles. The van der Waals surface area contributed by atoms with Crippen molar-refractivity contribution in [2.24, 2.45) is 5.92 Å². The van der Waals surface area contributed by atoms with E-state index in [4.69, 9.17) is 9.47 Å². The van der Waals surface area contributed by atoms with Gasteiger partial charge in [-0.25, -0.2) is 14.4 Å². The van der Waals surface area contributed by atoms with Crippen LogP contribution in [0.15, 0.2) is 24.3 Å². The van der Waals surface area contributed by atoms with Crippen molar-refractivity contribution in [3.63, 3.8) is 0 Å². The van der Waals surface area contributed by atoms with E-state index in [1.165, 1.54) is 30.6 Å². The third kappa shape index (κ3) is 5.16. The summed E-state index contributed by atoms with van der Waals surface area (Å²) in [6, 6.07) is 6.02. The lowest BCUT2D eigenvalue weighted by molar-refractivity contribution is -0.119. The number of ether oxygens (including phenoxy) is 3. The summed E-state index contributed by atoms with van der Waals surface area (Å²) in [7, 11) is 1.21. The molecule has 1 aliphatic carbocycles. The second kappa shape index (κ2) is 10.4. The minimum atomic E-state index is -0.828. The number of anilines is 1. The molecule has 2 aromatic rings. The molecule has 1 aliphatic rings. The van der Waals surface area contributed by atoms with Gasteiger partial charge in [-0.2, -0.15) is 0 Å². The normalized spacial score (nSPS) is 14.8. The maximum absolute atomic E-state index is 12.5. The fraction of sp³-hybridized carbons (Fsp3) is 0.391. The quantitative estimate of drug-likeness (QED) is 0.497. The van der Waals surface area contributed by atoms with Crippen LogP contribution in [0.25, 0.3) is 0 Å². The lowest BCUT2D eigenvalue weighted by Gasteiger charge is -2.18. The van der Waals surface area contributed by atoms with Crippen molar-refractivity contribution < 1.29 is 33.4 Å². The number of carbonyl (C=O) groups excluding carboxylic acids is 4. The van der Waals surface area contributed by atoms with Gasteiger partial charge in [-0.1, -0.05) is 19.1 Å². The SMILES string of the molecule is CCOC(=O)c1c(NC(=O)COC(=O)c2ccccc2C(=O)OC)sc2c1CCC(C)C2. The fourth-order valence-electron chi connectivity index (χ4n) is 3.58. The van der Waals surface area contributed by atoms with Crippen LogP contribution < -0.4 is 5.32 Å². The van der Waals surface area contributed by atoms with Gasteiger partial charge in [0.15, 0.2) is 6.61 Å². The van der Waals surface area contributed by atoms with E-state index in [9.17, 15) is 19.2 Å². The smallest absolute Gasteiger partial charge is 0.341 e. The highest BCUT2D eigenvalue weighted by atomic mass is 32.1. The number of methoxy groups -OCH3 is 1.